The third-order valence-electron chi connectivity index (χ3n) is 3.06. The van der Waals surface area contributed by atoms with Gasteiger partial charge in [-0.3, -0.25) is 0 Å². The zero-order valence-corrected chi connectivity index (χ0v) is 14.1. The second-order valence-electron chi connectivity index (χ2n) is 4.96. The molecule has 0 amide bonds. The number of rotatable bonds is 15. The van der Waals surface area contributed by atoms with Crippen molar-refractivity contribution >= 4 is 12.6 Å². The largest absolute Gasteiger partial charge is 0.488 e. The van der Waals surface area contributed by atoms with Gasteiger partial charge in [0.2, 0.25) is 0 Å². The normalized spacial score (nSPS) is 10.5. The molecule has 25 heavy (non-hydrogen) atoms. The maximum atomic E-state index is 9.00. The highest BCUT2D eigenvalue weighted by Crippen LogP contribution is 1.99. The molecule has 0 saturated heterocycles. The smallest absolute Gasteiger partial charge is 0.423 e. The minimum atomic E-state index is -1.45. The topological polar surface area (TPSA) is 126 Å². The molecule has 0 fully saturated rings. The highest BCUT2D eigenvalue weighted by molar-refractivity contribution is 6.58. The van der Waals surface area contributed by atoms with Gasteiger partial charge in [0.25, 0.3) is 0 Å². The summed E-state index contributed by atoms with van der Waals surface area (Å²) >= 11 is 0. The highest BCUT2D eigenvalue weighted by Gasteiger charge is 2.09. The summed E-state index contributed by atoms with van der Waals surface area (Å²) in [6.45, 7) is 3.97. The third kappa shape index (κ3) is 11.5. The molecule has 0 spiro atoms. The predicted molar refractivity (Wildman–Crippen MR) is 92.4 cm³/mol. The van der Waals surface area contributed by atoms with E-state index < -0.39 is 7.12 Å². The van der Waals surface area contributed by atoms with Crippen molar-refractivity contribution in [3.8, 4) is 0 Å². The number of hydrogen-bond acceptors (Lipinski definition) is 7. The average molecular weight is 353 g/mol. The molecule has 0 heterocycles. The Balaban J connectivity index is 1.86. The van der Waals surface area contributed by atoms with Gasteiger partial charge in [0.15, 0.2) is 0 Å². The first-order valence-corrected chi connectivity index (χ1v) is 8.01. The summed E-state index contributed by atoms with van der Waals surface area (Å²) in [5, 5.41) is 21.3. The molecule has 0 atom stereocenters. The fourth-order valence-corrected chi connectivity index (χ4v) is 1.79. The van der Waals surface area contributed by atoms with E-state index in [2.05, 4.69) is 10.0 Å². The summed E-state index contributed by atoms with van der Waals surface area (Å²) in [6.07, 6.45) is 0. The van der Waals surface area contributed by atoms with Crippen molar-refractivity contribution in [1.29, 1.82) is 0 Å². The first kappa shape index (κ1) is 21.4. The Kier molecular flexibility index (Phi) is 12.6. The fraction of sp³-hybridized carbons (Fsp3) is 0.600. The molecule has 0 aromatic heterocycles. The van der Waals surface area contributed by atoms with Crippen LogP contribution in [0.2, 0.25) is 0 Å². The number of ether oxygens (including phenoxy) is 4. The molecular formula is C15H24BN3O6. The molecule has 9 nitrogen and oxygen atoms in total. The van der Waals surface area contributed by atoms with Crippen molar-refractivity contribution in [3.63, 3.8) is 0 Å². The van der Waals surface area contributed by atoms with E-state index in [1.807, 2.05) is 0 Å². The number of benzene rings is 1. The Morgan fingerprint density at radius 1 is 0.840 bits per heavy atom. The Morgan fingerprint density at radius 2 is 1.36 bits per heavy atom. The Hall–Kier alpha value is -1.65. The lowest BCUT2D eigenvalue weighted by Gasteiger charge is -2.07. The lowest BCUT2D eigenvalue weighted by molar-refractivity contribution is -0.00334. The van der Waals surface area contributed by atoms with Gasteiger partial charge in [0.1, 0.15) is 0 Å². The van der Waals surface area contributed by atoms with Gasteiger partial charge in [-0.05, 0) is 16.6 Å². The number of nitrogens with zero attached hydrogens (tertiary/aromatic N) is 3. The molecule has 1 rings (SSSR count). The third-order valence-corrected chi connectivity index (χ3v) is 3.06. The maximum Gasteiger partial charge on any atom is 0.488 e. The Morgan fingerprint density at radius 3 is 1.88 bits per heavy atom. The second kappa shape index (κ2) is 14.7. The average Bonchev–Trinajstić information content (AvgIpc) is 2.62. The fourth-order valence-electron chi connectivity index (χ4n) is 1.79. The molecular weight excluding hydrogens is 329 g/mol. The van der Waals surface area contributed by atoms with Crippen LogP contribution in [0, 0.1) is 0 Å². The first-order chi connectivity index (χ1) is 12.2. The summed E-state index contributed by atoms with van der Waals surface area (Å²) in [6, 6.07) is 6.88. The van der Waals surface area contributed by atoms with Crippen molar-refractivity contribution in [1.82, 2.24) is 0 Å². The van der Waals surface area contributed by atoms with Gasteiger partial charge in [-0.2, -0.15) is 0 Å². The van der Waals surface area contributed by atoms with Crippen LogP contribution in [0.15, 0.2) is 29.4 Å². The van der Waals surface area contributed by atoms with E-state index >= 15 is 0 Å². The molecule has 0 aliphatic rings. The van der Waals surface area contributed by atoms with Crippen LogP contribution in [0.25, 0.3) is 10.4 Å². The molecule has 0 radical (unpaired) electrons. The van der Waals surface area contributed by atoms with Crippen LogP contribution in [-0.4, -0.2) is 70.0 Å². The lowest BCUT2D eigenvalue weighted by atomic mass is 9.80. The van der Waals surface area contributed by atoms with E-state index in [4.69, 9.17) is 34.5 Å². The quantitative estimate of drug-likeness (QED) is 0.153. The van der Waals surface area contributed by atoms with Crippen LogP contribution in [0.4, 0.5) is 0 Å². The SMILES string of the molecule is [N-]=[N+]=NCCOCCOCCOCCOCc1ccc(B(O)O)cc1. The molecule has 138 valence electrons. The molecule has 2 N–H and O–H groups in total. The van der Waals surface area contributed by atoms with Crippen molar-refractivity contribution in [2.75, 3.05) is 52.8 Å². The van der Waals surface area contributed by atoms with Crippen molar-refractivity contribution < 1.29 is 29.0 Å². The zero-order valence-electron chi connectivity index (χ0n) is 14.1. The number of azide groups is 1. The van der Waals surface area contributed by atoms with E-state index in [1.165, 1.54) is 0 Å². The van der Waals surface area contributed by atoms with Crippen LogP contribution in [0.1, 0.15) is 5.56 Å². The maximum absolute atomic E-state index is 9.00. The molecule has 0 bridgehead atoms. The van der Waals surface area contributed by atoms with Gasteiger partial charge in [-0.1, -0.05) is 29.4 Å². The van der Waals surface area contributed by atoms with Gasteiger partial charge in [-0.25, -0.2) is 0 Å². The van der Waals surface area contributed by atoms with Crippen LogP contribution in [-0.2, 0) is 25.6 Å². The highest BCUT2D eigenvalue weighted by atomic mass is 16.6. The summed E-state index contributed by atoms with van der Waals surface area (Å²) in [7, 11) is -1.45. The molecule has 0 unspecified atom stereocenters. The van der Waals surface area contributed by atoms with Gasteiger partial charge in [0, 0.05) is 11.5 Å². The van der Waals surface area contributed by atoms with E-state index in [-0.39, 0.29) is 0 Å². The summed E-state index contributed by atoms with van der Waals surface area (Å²) < 4.78 is 21.3. The van der Waals surface area contributed by atoms with Crippen molar-refractivity contribution in [2.45, 2.75) is 6.61 Å². The minimum absolute atomic E-state index is 0.327. The molecule has 1 aromatic carbocycles. The van der Waals surface area contributed by atoms with Gasteiger partial charge in [-0.15, -0.1) is 0 Å². The molecule has 1 aromatic rings. The van der Waals surface area contributed by atoms with E-state index in [0.717, 1.165) is 5.56 Å². The van der Waals surface area contributed by atoms with E-state index in [9.17, 15) is 0 Å². The van der Waals surface area contributed by atoms with Crippen molar-refractivity contribution in [2.24, 2.45) is 5.11 Å². The Labute approximate surface area is 147 Å². The van der Waals surface area contributed by atoms with Crippen LogP contribution in [0.5, 0.6) is 0 Å². The van der Waals surface area contributed by atoms with Gasteiger partial charge < -0.3 is 29.0 Å². The monoisotopic (exact) mass is 353 g/mol. The second-order valence-corrected chi connectivity index (χ2v) is 4.96. The lowest BCUT2D eigenvalue weighted by Crippen LogP contribution is -2.29. The predicted octanol–water partition coefficient (Wildman–Crippen LogP) is 0.243. The van der Waals surface area contributed by atoms with E-state index in [0.29, 0.717) is 64.9 Å². The van der Waals surface area contributed by atoms with Crippen LogP contribution < -0.4 is 5.46 Å². The molecule has 0 aliphatic heterocycles. The summed E-state index contributed by atoms with van der Waals surface area (Å²) in [5.74, 6) is 0. The van der Waals surface area contributed by atoms with Gasteiger partial charge in [0.05, 0.1) is 52.9 Å². The molecule has 10 heteroatoms. The number of hydrogen-bond donors (Lipinski definition) is 2. The molecule has 0 saturated carbocycles. The minimum Gasteiger partial charge on any atom is -0.423 e. The van der Waals surface area contributed by atoms with E-state index in [1.54, 1.807) is 24.3 Å². The summed E-state index contributed by atoms with van der Waals surface area (Å²) in [5.41, 5.74) is 9.47. The van der Waals surface area contributed by atoms with Crippen LogP contribution in [0.3, 0.4) is 0 Å². The molecule has 0 aliphatic carbocycles. The zero-order chi connectivity index (χ0) is 18.2. The van der Waals surface area contributed by atoms with Crippen molar-refractivity contribution in [3.05, 3.63) is 40.3 Å². The van der Waals surface area contributed by atoms with Gasteiger partial charge >= 0.3 is 7.12 Å². The van der Waals surface area contributed by atoms with Crippen LogP contribution >= 0.6 is 0 Å². The Bertz CT molecular complexity index is 497. The standard InChI is InChI=1S/C15H24BN3O6/c17-19-18-5-6-22-7-8-23-9-10-24-11-12-25-13-14-1-3-15(4-2-14)16(20)21/h1-4,20-21H,5-13H2. The first-order valence-electron chi connectivity index (χ1n) is 8.01. The summed E-state index contributed by atoms with van der Waals surface area (Å²) in [4.78, 5) is 2.62.